The molecule has 0 amide bonds. The van der Waals surface area contributed by atoms with Gasteiger partial charge in [-0.15, -0.1) is 0 Å². The van der Waals surface area contributed by atoms with Crippen molar-refractivity contribution in [2.45, 2.75) is 25.6 Å². The predicted octanol–water partition coefficient (Wildman–Crippen LogP) is 4.64. The predicted molar refractivity (Wildman–Crippen MR) is 79.0 cm³/mol. The molecular weight excluding hydrogens is 291 g/mol. The van der Waals surface area contributed by atoms with Crippen molar-refractivity contribution in [3.63, 3.8) is 0 Å². The molecule has 2 aromatic rings. The molecule has 2 aromatic carbocycles. The molecule has 3 rings (SSSR count). The van der Waals surface area contributed by atoms with Gasteiger partial charge in [0.25, 0.3) is 0 Å². The third-order valence-corrected chi connectivity index (χ3v) is 3.72. The van der Waals surface area contributed by atoms with Crippen molar-refractivity contribution in [1.29, 1.82) is 0 Å². The van der Waals surface area contributed by atoms with E-state index in [-0.39, 0.29) is 12.4 Å². The van der Waals surface area contributed by atoms with E-state index in [1.165, 1.54) is 17.7 Å². The maximum atomic E-state index is 12.7. The molecule has 0 aliphatic carbocycles. The van der Waals surface area contributed by atoms with E-state index in [9.17, 15) is 13.2 Å². The highest BCUT2D eigenvalue weighted by Crippen LogP contribution is 2.32. The van der Waals surface area contributed by atoms with Gasteiger partial charge in [-0.25, -0.2) is 0 Å². The van der Waals surface area contributed by atoms with Crippen molar-refractivity contribution in [1.82, 2.24) is 0 Å². The van der Waals surface area contributed by atoms with Gasteiger partial charge in [-0.05, 0) is 36.6 Å². The first-order chi connectivity index (χ1) is 10.5. The molecule has 0 bridgehead atoms. The van der Waals surface area contributed by atoms with Crippen LogP contribution in [0, 0.1) is 0 Å². The van der Waals surface area contributed by atoms with Crippen molar-refractivity contribution in [3.8, 4) is 5.75 Å². The van der Waals surface area contributed by atoms with Crippen LogP contribution in [0.4, 0.5) is 18.9 Å². The van der Waals surface area contributed by atoms with E-state index < -0.39 is 11.7 Å². The summed E-state index contributed by atoms with van der Waals surface area (Å²) in [4.78, 5) is 0. The number of ether oxygens (including phenoxy) is 1. The molecule has 1 heterocycles. The van der Waals surface area contributed by atoms with E-state index in [0.717, 1.165) is 42.8 Å². The lowest BCUT2D eigenvalue weighted by Crippen LogP contribution is -2.14. The number of rotatable bonds is 3. The van der Waals surface area contributed by atoms with Crippen LogP contribution < -0.4 is 10.1 Å². The Kier molecular flexibility index (Phi) is 3.96. The quantitative estimate of drug-likeness (QED) is 0.891. The molecule has 0 atom stereocenters. The zero-order valence-corrected chi connectivity index (χ0v) is 11.9. The van der Waals surface area contributed by atoms with E-state index in [1.807, 2.05) is 12.1 Å². The molecule has 0 saturated carbocycles. The largest absolute Gasteiger partial charge is 0.489 e. The SMILES string of the molecule is FC(F)(F)c1cccc(OCc2cccc3c2NCCC3)c1. The van der Waals surface area contributed by atoms with Gasteiger partial charge in [0, 0.05) is 17.8 Å². The third kappa shape index (κ3) is 3.18. The number of alkyl halides is 3. The topological polar surface area (TPSA) is 21.3 Å². The number of benzene rings is 2. The first kappa shape index (κ1) is 14.8. The van der Waals surface area contributed by atoms with Gasteiger partial charge in [0.05, 0.1) is 5.56 Å². The fourth-order valence-electron chi connectivity index (χ4n) is 2.62. The van der Waals surface area contributed by atoms with Gasteiger partial charge in [0.15, 0.2) is 0 Å². The number of para-hydroxylation sites is 1. The molecular formula is C17H16F3NO. The summed E-state index contributed by atoms with van der Waals surface area (Å²) < 4.78 is 43.6. The van der Waals surface area contributed by atoms with E-state index >= 15 is 0 Å². The molecule has 0 radical (unpaired) electrons. The Morgan fingerprint density at radius 2 is 1.91 bits per heavy atom. The average molecular weight is 307 g/mol. The second-order valence-corrected chi connectivity index (χ2v) is 5.30. The smallest absolute Gasteiger partial charge is 0.416 e. The number of aryl methyl sites for hydroxylation is 1. The number of anilines is 1. The molecule has 5 heteroatoms. The van der Waals surface area contributed by atoms with Gasteiger partial charge < -0.3 is 10.1 Å². The van der Waals surface area contributed by atoms with Crippen molar-refractivity contribution in [3.05, 3.63) is 59.2 Å². The number of halogens is 3. The summed E-state index contributed by atoms with van der Waals surface area (Å²) in [6.45, 7) is 1.16. The van der Waals surface area contributed by atoms with Crippen molar-refractivity contribution in [2.24, 2.45) is 0 Å². The number of nitrogens with one attached hydrogen (secondary N) is 1. The summed E-state index contributed by atoms with van der Waals surface area (Å²) >= 11 is 0. The molecule has 1 aliphatic heterocycles. The zero-order valence-electron chi connectivity index (χ0n) is 11.9. The van der Waals surface area contributed by atoms with Gasteiger partial charge in [0.2, 0.25) is 0 Å². The van der Waals surface area contributed by atoms with E-state index in [2.05, 4.69) is 11.4 Å². The van der Waals surface area contributed by atoms with Crippen LogP contribution in [0.3, 0.4) is 0 Å². The van der Waals surface area contributed by atoms with Crippen LogP contribution in [-0.2, 0) is 19.2 Å². The Morgan fingerprint density at radius 1 is 1.09 bits per heavy atom. The molecule has 0 fully saturated rings. The monoisotopic (exact) mass is 307 g/mol. The lowest BCUT2D eigenvalue weighted by atomic mass is 10.00. The Balaban J connectivity index is 1.76. The second-order valence-electron chi connectivity index (χ2n) is 5.30. The van der Waals surface area contributed by atoms with Crippen LogP contribution in [0.5, 0.6) is 5.75 Å². The summed E-state index contributed by atoms with van der Waals surface area (Å²) in [6, 6.07) is 10.9. The lowest BCUT2D eigenvalue weighted by Gasteiger charge is -2.21. The number of hydrogen-bond donors (Lipinski definition) is 1. The normalized spacial score (nSPS) is 14.1. The first-order valence-electron chi connectivity index (χ1n) is 7.19. The molecule has 1 aliphatic rings. The van der Waals surface area contributed by atoms with Crippen LogP contribution >= 0.6 is 0 Å². The molecule has 0 unspecified atom stereocenters. The van der Waals surface area contributed by atoms with Crippen molar-refractivity contribution >= 4 is 5.69 Å². The lowest BCUT2D eigenvalue weighted by molar-refractivity contribution is -0.137. The van der Waals surface area contributed by atoms with E-state index in [1.54, 1.807) is 0 Å². The standard InChI is InChI=1S/C17H16F3NO/c18-17(19,20)14-7-2-8-15(10-14)22-11-13-5-1-4-12-6-3-9-21-16(12)13/h1-2,4-5,7-8,10,21H,3,6,9,11H2. The Bertz CT molecular complexity index is 667. The number of fused-ring (bicyclic) bond motifs is 1. The molecule has 2 nitrogen and oxygen atoms in total. The maximum Gasteiger partial charge on any atom is 0.416 e. The molecule has 22 heavy (non-hydrogen) atoms. The Morgan fingerprint density at radius 3 is 2.73 bits per heavy atom. The molecule has 0 saturated heterocycles. The van der Waals surface area contributed by atoms with Crippen LogP contribution in [0.25, 0.3) is 0 Å². The van der Waals surface area contributed by atoms with Gasteiger partial charge in [0.1, 0.15) is 12.4 Å². The minimum Gasteiger partial charge on any atom is -0.489 e. The highest BCUT2D eigenvalue weighted by atomic mass is 19.4. The van der Waals surface area contributed by atoms with Gasteiger partial charge in [-0.1, -0.05) is 24.3 Å². The van der Waals surface area contributed by atoms with E-state index in [0.29, 0.717) is 0 Å². The van der Waals surface area contributed by atoms with E-state index in [4.69, 9.17) is 4.74 Å². The van der Waals surface area contributed by atoms with Crippen molar-refractivity contribution in [2.75, 3.05) is 11.9 Å². The Hall–Kier alpha value is -2.17. The fourth-order valence-corrected chi connectivity index (χ4v) is 2.62. The fraction of sp³-hybridized carbons (Fsp3) is 0.294. The summed E-state index contributed by atoms with van der Waals surface area (Å²) in [5.41, 5.74) is 2.56. The maximum absolute atomic E-state index is 12.7. The summed E-state index contributed by atoms with van der Waals surface area (Å²) in [7, 11) is 0. The van der Waals surface area contributed by atoms with Crippen LogP contribution in [-0.4, -0.2) is 6.54 Å². The molecule has 0 spiro atoms. The second kappa shape index (κ2) is 5.91. The van der Waals surface area contributed by atoms with Crippen LogP contribution in [0.2, 0.25) is 0 Å². The molecule has 0 aromatic heterocycles. The van der Waals surface area contributed by atoms with Crippen LogP contribution in [0.15, 0.2) is 42.5 Å². The summed E-state index contributed by atoms with van der Waals surface area (Å²) in [6.07, 6.45) is -2.25. The Labute approximate surface area is 126 Å². The van der Waals surface area contributed by atoms with Crippen LogP contribution in [0.1, 0.15) is 23.1 Å². The highest BCUT2D eigenvalue weighted by Gasteiger charge is 2.30. The van der Waals surface area contributed by atoms with Crippen molar-refractivity contribution < 1.29 is 17.9 Å². The first-order valence-corrected chi connectivity index (χ1v) is 7.19. The summed E-state index contributed by atoms with van der Waals surface area (Å²) in [5, 5.41) is 3.34. The third-order valence-electron chi connectivity index (χ3n) is 3.72. The zero-order chi connectivity index (χ0) is 15.6. The molecule has 1 N–H and O–H groups in total. The minimum atomic E-state index is -4.35. The highest BCUT2D eigenvalue weighted by molar-refractivity contribution is 5.59. The summed E-state index contributed by atoms with van der Waals surface area (Å²) in [5.74, 6) is 0.225. The molecule has 116 valence electrons. The number of hydrogen-bond acceptors (Lipinski definition) is 2. The minimum absolute atomic E-state index is 0.225. The van der Waals surface area contributed by atoms with Gasteiger partial charge >= 0.3 is 6.18 Å². The van der Waals surface area contributed by atoms with Gasteiger partial charge in [-0.3, -0.25) is 0 Å². The van der Waals surface area contributed by atoms with Gasteiger partial charge in [-0.2, -0.15) is 13.2 Å². The average Bonchev–Trinajstić information content (AvgIpc) is 2.52.